The van der Waals surface area contributed by atoms with Crippen LogP contribution in [0.25, 0.3) is 0 Å². The molecule has 0 aliphatic carbocycles. The van der Waals surface area contributed by atoms with Crippen molar-refractivity contribution in [2.75, 3.05) is 13.1 Å². The lowest BCUT2D eigenvalue weighted by Gasteiger charge is -2.27. The molecule has 0 amide bonds. The second kappa shape index (κ2) is 6.79. The van der Waals surface area contributed by atoms with E-state index >= 15 is 0 Å². The largest absolute Gasteiger partial charge is 0.416 e. The van der Waals surface area contributed by atoms with Crippen LogP contribution in [0, 0.1) is 11.3 Å². The summed E-state index contributed by atoms with van der Waals surface area (Å²) in [6.45, 7) is 9.63. The summed E-state index contributed by atoms with van der Waals surface area (Å²) in [5.74, 6) is 0.428. The molecule has 0 aromatic heterocycles. The van der Waals surface area contributed by atoms with Gasteiger partial charge in [0.15, 0.2) is 0 Å². The van der Waals surface area contributed by atoms with Crippen LogP contribution in [0.2, 0.25) is 0 Å². The predicted octanol–water partition coefficient (Wildman–Crippen LogP) is 4.01. The summed E-state index contributed by atoms with van der Waals surface area (Å²) in [6, 6.07) is 4.64. The predicted molar refractivity (Wildman–Crippen MR) is 77.9 cm³/mol. The minimum atomic E-state index is -4.34. The minimum Gasteiger partial charge on any atom is -0.387 e. The first kappa shape index (κ1) is 18.0. The van der Waals surface area contributed by atoms with Crippen molar-refractivity contribution in [3.63, 3.8) is 0 Å². The molecule has 0 saturated heterocycles. The molecule has 1 aromatic carbocycles. The van der Waals surface area contributed by atoms with E-state index in [9.17, 15) is 18.3 Å². The van der Waals surface area contributed by atoms with Crippen LogP contribution in [0.5, 0.6) is 0 Å². The number of alkyl halides is 3. The first-order valence-electron chi connectivity index (χ1n) is 7.07. The molecule has 2 N–H and O–H groups in total. The van der Waals surface area contributed by atoms with Gasteiger partial charge in [-0.25, -0.2) is 0 Å². The maximum atomic E-state index is 12.4. The van der Waals surface area contributed by atoms with Crippen molar-refractivity contribution in [2.24, 2.45) is 11.3 Å². The van der Waals surface area contributed by atoms with Crippen LogP contribution in [0.3, 0.4) is 0 Å². The Bertz CT molecular complexity index is 434. The van der Waals surface area contributed by atoms with E-state index in [-0.39, 0.29) is 5.41 Å². The van der Waals surface area contributed by atoms with Crippen molar-refractivity contribution in [2.45, 2.75) is 40.0 Å². The van der Waals surface area contributed by atoms with Crippen LogP contribution in [0.15, 0.2) is 24.3 Å². The van der Waals surface area contributed by atoms with E-state index in [0.29, 0.717) is 18.0 Å². The van der Waals surface area contributed by atoms with Gasteiger partial charge in [-0.2, -0.15) is 13.2 Å². The number of hydrogen-bond donors (Lipinski definition) is 2. The van der Waals surface area contributed by atoms with Gasteiger partial charge in [0.1, 0.15) is 0 Å². The van der Waals surface area contributed by atoms with Crippen LogP contribution >= 0.6 is 0 Å². The molecule has 0 aliphatic rings. The van der Waals surface area contributed by atoms with Crippen molar-refractivity contribution in [1.82, 2.24) is 5.32 Å². The molecule has 0 radical (unpaired) electrons. The van der Waals surface area contributed by atoms with Crippen LogP contribution < -0.4 is 5.32 Å². The molecule has 0 heterocycles. The van der Waals surface area contributed by atoms with Crippen molar-refractivity contribution in [3.05, 3.63) is 35.4 Å². The number of hydrogen-bond acceptors (Lipinski definition) is 2. The van der Waals surface area contributed by atoms with Crippen molar-refractivity contribution >= 4 is 0 Å². The van der Waals surface area contributed by atoms with E-state index in [0.717, 1.165) is 18.7 Å². The van der Waals surface area contributed by atoms with Gasteiger partial charge in [-0.3, -0.25) is 0 Å². The summed E-state index contributed by atoms with van der Waals surface area (Å²) in [7, 11) is 0. The number of nitrogens with one attached hydrogen (secondary N) is 1. The molecule has 1 rings (SSSR count). The average molecular weight is 303 g/mol. The molecule has 0 bridgehead atoms. The van der Waals surface area contributed by atoms with Crippen LogP contribution in [0.4, 0.5) is 13.2 Å². The van der Waals surface area contributed by atoms with Crippen LogP contribution in [-0.2, 0) is 6.18 Å². The van der Waals surface area contributed by atoms with Gasteiger partial charge in [0.25, 0.3) is 0 Å². The highest BCUT2D eigenvalue weighted by Crippen LogP contribution is 2.30. The Kier molecular flexibility index (Phi) is 5.82. The van der Waals surface area contributed by atoms with Gasteiger partial charge < -0.3 is 10.4 Å². The van der Waals surface area contributed by atoms with E-state index in [2.05, 4.69) is 33.0 Å². The summed E-state index contributed by atoms with van der Waals surface area (Å²) >= 11 is 0. The van der Waals surface area contributed by atoms with Crippen molar-refractivity contribution in [1.29, 1.82) is 0 Å². The summed E-state index contributed by atoms with van der Waals surface area (Å²) in [5, 5.41) is 13.1. The summed E-state index contributed by atoms with van der Waals surface area (Å²) in [4.78, 5) is 0. The Morgan fingerprint density at radius 2 is 1.57 bits per heavy atom. The van der Waals surface area contributed by atoms with Gasteiger partial charge in [0, 0.05) is 6.54 Å². The lowest BCUT2D eigenvalue weighted by molar-refractivity contribution is -0.137. The zero-order chi connectivity index (χ0) is 16.3. The molecular formula is C16H24F3NO. The monoisotopic (exact) mass is 303 g/mol. The lowest BCUT2D eigenvalue weighted by Crippen LogP contribution is -2.32. The van der Waals surface area contributed by atoms with Crippen molar-refractivity contribution in [3.8, 4) is 0 Å². The molecule has 0 fully saturated rings. The van der Waals surface area contributed by atoms with E-state index in [4.69, 9.17) is 0 Å². The molecule has 5 heteroatoms. The fraction of sp³-hybridized carbons (Fsp3) is 0.625. The van der Waals surface area contributed by atoms with Gasteiger partial charge in [-0.15, -0.1) is 0 Å². The Morgan fingerprint density at radius 3 is 2.00 bits per heavy atom. The highest BCUT2D eigenvalue weighted by atomic mass is 19.4. The summed E-state index contributed by atoms with van der Waals surface area (Å²) in [6.07, 6.45) is -5.15. The molecule has 0 spiro atoms. The average Bonchev–Trinajstić information content (AvgIpc) is 2.36. The van der Waals surface area contributed by atoms with E-state index < -0.39 is 17.8 Å². The molecule has 2 atom stereocenters. The molecule has 0 saturated carbocycles. The van der Waals surface area contributed by atoms with Gasteiger partial charge in [0.2, 0.25) is 0 Å². The highest BCUT2D eigenvalue weighted by molar-refractivity contribution is 5.26. The smallest absolute Gasteiger partial charge is 0.387 e. The Hall–Kier alpha value is -1.07. The Balaban J connectivity index is 2.51. The number of aliphatic hydroxyl groups excluding tert-OH is 1. The SMILES string of the molecule is CC(CNCC(O)c1ccc(C(F)(F)F)cc1)C(C)(C)C. The minimum absolute atomic E-state index is 0.173. The number of aliphatic hydroxyl groups is 1. The second-order valence-electron chi connectivity index (χ2n) is 6.56. The molecule has 0 aliphatic heterocycles. The van der Waals surface area contributed by atoms with Crippen LogP contribution in [0.1, 0.15) is 44.9 Å². The topological polar surface area (TPSA) is 32.3 Å². The quantitative estimate of drug-likeness (QED) is 0.861. The standard InChI is InChI=1S/C16H24F3NO/c1-11(15(2,3)4)9-20-10-14(21)12-5-7-13(8-6-12)16(17,18)19/h5-8,11,14,20-21H,9-10H2,1-4H3. The maximum Gasteiger partial charge on any atom is 0.416 e. The Labute approximate surface area is 124 Å². The molecular weight excluding hydrogens is 279 g/mol. The Morgan fingerprint density at radius 1 is 1.05 bits per heavy atom. The molecule has 2 nitrogen and oxygen atoms in total. The van der Waals surface area contributed by atoms with Gasteiger partial charge in [-0.05, 0) is 35.6 Å². The third-order valence-electron chi connectivity index (χ3n) is 3.89. The lowest BCUT2D eigenvalue weighted by atomic mass is 9.82. The highest BCUT2D eigenvalue weighted by Gasteiger charge is 2.30. The summed E-state index contributed by atoms with van der Waals surface area (Å²) in [5.41, 5.74) is -0.0431. The number of halogens is 3. The van der Waals surface area contributed by atoms with E-state index in [1.165, 1.54) is 12.1 Å². The molecule has 1 aromatic rings. The number of benzene rings is 1. The van der Waals surface area contributed by atoms with Gasteiger partial charge in [-0.1, -0.05) is 39.8 Å². The second-order valence-corrected chi connectivity index (χ2v) is 6.56. The molecule has 2 unspecified atom stereocenters. The number of rotatable bonds is 5. The normalized spacial score (nSPS) is 15.8. The fourth-order valence-electron chi connectivity index (χ4n) is 1.75. The van der Waals surface area contributed by atoms with E-state index in [1.807, 2.05) is 0 Å². The zero-order valence-corrected chi connectivity index (χ0v) is 13.0. The van der Waals surface area contributed by atoms with Crippen LogP contribution in [-0.4, -0.2) is 18.2 Å². The fourth-order valence-corrected chi connectivity index (χ4v) is 1.75. The first-order chi connectivity index (χ1) is 9.51. The first-order valence-corrected chi connectivity index (χ1v) is 7.07. The van der Waals surface area contributed by atoms with E-state index in [1.54, 1.807) is 0 Å². The molecule has 120 valence electrons. The third kappa shape index (κ3) is 5.67. The zero-order valence-electron chi connectivity index (χ0n) is 13.0. The van der Waals surface area contributed by atoms with Gasteiger partial charge >= 0.3 is 6.18 Å². The van der Waals surface area contributed by atoms with Gasteiger partial charge in [0.05, 0.1) is 11.7 Å². The summed E-state index contributed by atoms with van der Waals surface area (Å²) < 4.78 is 37.3. The maximum absolute atomic E-state index is 12.4. The molecule has 21 heavy (non-hydrogen) atoms. The third-order valence-corrected chi connectivity index (χ3v) is 3.89. The van der Waals surface area contributed by atoms with Crippen molar-refractivity contribution < 1.29 is 18.3 Å².